The number of carbonyl (C=O) groups is 1. The second-order valence-electron chi connectivity index (χ2n) is 4.14. The van der Waals surface area contributed by atoms with E-state index in [1.807, 2.05) is 0 Å². The van der Waals surface area contributed by atoms with Crippen LogP contribution in [0.5, 0.6) is 0 Å². The molecule has 0 aromatic carbocycles. The molecule has 1 aromatic heterocycles. The maximum absolute atomic E-state index is 10.6. The number of hydrogen-bond donors (Lipinski definition) is 1. The Morgan fingerprint density at radius 3 is 2.59 bits per heavy atom. The smallest absolute Gasteiger partial charge is 0.357 e. The van der Waals surface area contributed by atoms with Gasteiger partial charge in [-0.15, -0.1) is 0 Å². The average Bonchev–Trinajstić information content (AvgIpc) is 2.79. The summed E-state index contributed by atoms with van der Waals surface area (Å²) in [5.41, 5.74) is -0.0211. The van der Waals surface area contributed by atoms with Crippen LogP contribution in [-0.2, 0) is 6.54 Å². The van der Waals surface area contributed by atoms with Gasteiger partial charge in [-0.05, 0) is 6.54 Å². The Kier molecular flexibility index (Phi) is 3.75. The minimum atomic E-state index is -1.05. The molecule has 2 heterocycles. The molecule has 17 heavy (non-hydrogen) atoms. The summed E-state index contributed by atoms with van der Waals surface area (Å²) in [6, 6.07) is 0. The second kappa shape index (κ2) is 5.29. The molecule has 1 N–H and O–H groups in total. The predicted molar refractivity (Wildman–Crippen MR) is 60.9 cm³/mol. The van der Waals surface area contributed by atoms with Gasteiger partial charge in [0.2, 0.25) is 5.89 Å². The normalized spacial score (nSPS) is 18.4. The topological polar surface area (TPSA) is 69.8 Å². The summed E-state index contributed by atoms with van der Waals surface area (Å²) in [4.78, 5) is 19.2. The van der Waals surface area contributed by atoms with Crippen molar-refractivity contribution in [2.75, 3.05) is 32.7 Å². The highest BCUT2D eigenvalue weighted by Crippen LogP contribution is 2.08. The standard InChI is InChI=1S/C11H17N3O3/c1-2-13-3-5-14(6-4-13)7-10-12-9(8-17-10)11(15)16/h8H,2-7H2,1H3,(H,15,16). The third-order valence-electron chi connectivity index (χ3n) is 3.04. The SMILES string of the molecule is CCN1CCN(Cc2nc(C(=O)O)co2)CC1. The van der Waals surface area contributed by atoms with Crippen LogP contribution in [0.1, 0.15) is 23.3 Å². The molecule has 0 amide bonds. The fraction of sp³-hybridized carbons (Fsp3) is 0.636. The van der Waals surface area contributed by atoms with E-state index in [1.54, 1.807) is 0 Å². The zero-order chi connectivity index (χ0) is 12.3. The highest BCUT2D eigenvalue weighted by molar-refractivity contribution is 5.84. The average molecular weight is 239 g/mol. The van der Waals surface area contributed by atoms with Crippen molar-refractivity contribution in [3.05, 3.63) is 17.8 Å². The second-order valence-corrected chi connectivity index (χ2v) is 4.14. The van der Waals surface area contributed by atoms with Crippen LogP contribution in [0.4, 0.5) is 0 Å². The van der Waals surface area contributed by atoms with E-state index in [1.165, 1.54) is 6.26 Å². The molecular formula is C11H17N3O3. The molecule has 0 aliphatic carbocycles. The van der Waals surface area contributed by atoms with E-state index < -0.39 is 5.97 Å². The highest BCUT2D eigenvalue weighted by atomic mass is 16.4. The molecule has 0 unspecified atom stereocenters. The first-order valence-corrected chi connectivity index (χ1v) is 5.81. The van der Waals surface area contributed by atoms with Crippen molar-refractivity contribution in [1.29, 1.82) is 0 Å². The van der Waals surface area contributed by atoms with E-state index in [9.17, 15) is 4.79 Å². The van der Waals surface area contributed by atoms with Crippen molar-refractivity contribution in [2.45, 2.75) is 13.5 Å². The number of likely N-dealkylation sites (N-methyl/N-ethyl adjacent to an activating group) is 1. The van der Waals surface area contributed by atoms with Crippen molar-refractivity contribution in [3.8, 4) is 0 Å². The lowest BCUT2D eigenvalue weighted by Crippen LogP contribution is -2.45. The zero-order valence-corrected chi connectivity index (χ0v) is 9.93. The monoisotopic (exact) mass is 239 g/mol. The van der Waals surface area contributed by atoms with Crippen LogP contribution in [0, 0.1) is 0 Å². The number of carboxylic acid groups (broad SMARTS) is 1. The van der Waals surface area contributed by atoms with Gasteiger partial charge >= 0.3 is 5.97 Å². The molecule has 1 aliphatic rings. The summed E-state index contributed by atoms with van der Waals surface area (Å²) in [5.74, 6) is -0.567. The third-order valence-corrected chi connectivity index (χ3v) is 3.04. The molecule has 1 aliphatic heterocycles. The van der Waals surface area contributed by atoms with Crippen LogP contribution < -0.4 is 0 Å². The van der Waals surface area contributed by atoms with Crippen molar-refractivity contribution < 1.29 is 14.3 Å². The van der Waals surface area contributed by atoms with Gasteiger partial charge in [0, 0.05) is 26.2 Å². The summed E-state index contributed by atoms with van der Waals surface area (Å²) in [7, 11) is 0. The van der Waals surface area contributed by atoms with Crippen molar-refractivity contribution >= 4 is 5.97 Å². The van der Waals surface area contributed by atoms with Gasteiger partial charge in [-0.3, -0.25) is 4.90 Å². The number of carboxylic acids is 1. The van der Waals surface area contributed by atoms with Crippen molar-refractivity contribution in [3.63, 3.8) is 0 Å². The Balaban J connectivity index is 1.86. The Morgan fingerprint density at radius 1 is 1.41 bits per heavy atom. The Hall–Kier alpha value is -1.40. The maximum Gasteiger partial charge on any atom is 0.357 e. The van der Waals surface area contributed by atoms with E-state index in [0.29, 0.717) is 12.4 Å². The molecule has 6 heteroatoms. The lowest BCUT2D eigenvalue weighted by molar-refractivity contribution is 0.0690. The minimum Gasteiger partial charge on any atom is -0.476 e. The lowest BCUT2D eigenvalue weighted by Gasteiger charge is -2.33. The van der Waals surface area contributed by atoms with Crippen molar-refractivity contribution in [2.24, 2.45) is 0 Å². The van der Waals surface area contributed by atoms with E-state index >= 15 is 0 Å². The molecule has 1 saturated heterocycles. The first-order chi connectivity index (χ1) is 8.19. The van der Waals surface area contributed by atoms with Crippen LogP contribution in [0.2, 0.25) is 0 Å². The molecule has 94 valence electrons. The number of nitrogens with zero attached hydrogens (tertiary/aromatic N) is 3. The largest absolute Gasteiger partial charge is 0.476 e. The summed E-state index contributed by atoms with van der Waals surface area (Å²) >= 11 is 0. The van der Waals surface area contributed by atoms with Gasteiger partial charge in [-0.25, -0.2) is 9.78 Å². The maximum atomic E-state index is 10.6. The predicted octanol–water partition coefficient (Wildman–Crippen LogP) is 0.510. The quantitative estimate of drug-likeness (QED) is 0.825. The first kappa shape index (κ1) is 12.1. The van der Waals surface area contributed by atoms with Crippen LogP contribution >= 0.6 is 0 Å². The van der Waals surface area contributed by atoms with Gasteiger partial charge in [0.15, 0.2) is 5.69 Å². The number of piperazine rings is 1. The van der Waals surface area contributed by atoms with E-state index in [-0.39, 0.29) is 5.69 Å². The highest BCUT2D eigenvalue weighted by Gasteiger charge is 2.18. The van der Waals surface area contributed by atoms with Gasteiger partial charge in [-0.1, -0.05) is 6.92 Å². The number of rotatable bonds is 4. The number of aromatic carboxylic acids is 1. The third kappa shape index (κ3) is 3.04. The summed E-state index contributed by atoms with van der Waals surface area (Å²) in [6.45, 7) is 7.85. The lowest BCUT2D eigenvalue weighted by atomic mass is 10.3. The van der Waals surface area contributed by atoms with E-state index in [0.717, 1.165) is 32.7 Å². The molecule has 1 fully saturated rings. The van der Waals surface area contributed by atoms with Gasteiger partial charge in [0.1, 0.15) is 6.26 Å². The van der Waals surface area contributed by atoms with Gasteiger partial charge in [0.25, 0.3) is 0 Å². The first-order valence-electron chi connectivity index (χ1n) is 5.81. The van der Waals surface area contributed by atoms with Gasteiger partial charge in [-0.2, -0.15) is 0 Å². The molecule has 0 atom stereocenters. The molecule has 0 radical (unpaired) electrons. The summed E-state index contributed by atoms with van der Waals surface area (Å²) < 4.78 is 5.13. The summed E-state index contributed by atoms with van der Waals surface area (Å²) in [5, 5.41) is 8.73. The Labute approximate surface area is 99.8 Å². The van der Waals surface area contributed by atoms with Crippen molar-refractivity contribution in [1.82, 2.24) is 14.8 Å². The van der Waals surface area contributed by atoms with Crippen LogP contribution in [-0.4, -0.2) is 58.6 Å². The van der Waals surface area contributed by atoms with Crippen LogP contribution in [0.3, 0.4) is 0 Å². The fourth-order valence-corrected chi connectivity index (χ4v) is 1.94. The molecule has 0 spiro atoms. The fourth-order valence-electron chi connectivity index (χ4n) is 1.94. The minimum absolute atomic E-state index is 0.0211. The molecule has 2 rings (SSSR count). The number of oxazole rings is 1. The number of aromatic nitrogens is 1. The van der Waals surface area contributed by atoms with Gasteiger partial charge in [0.05, 0.1) is 6.54 Å². The zero-order valence-electron chi connectivity index (χ0n) is 9.93. The van der Waals surface area contributed by atoms with E-state index in [2.05, 4.69) is 21.7 Å². The summed E-state index contributed by atoms with van der Waals surface area (Å²) in [6.07, 6.45) is 1.19. The van der Waals surface area contributed by atoms with Crippen LogP contribution in [0.25, 0.3) is 0 Å². The number of hydrogen-bond acceptors (Lipinski definition) is 5. The Bertz CT molecular complexity index is 383. The van der Waals surface area contributed by atoms with E-state index in [4.69, 9.17) is 9.52 Å². The Morgan fingerprint density at radius 2 is 2.06 bits per heavy atom. The molecule has 0 bridgehead atoms. The molecule has 6 nitrogen and oxygen atoms in total. The molecular weight excluding hydrogens is 222 g/mol. The van der Waals surface area contributed by atoms with Gasteiger partial charge < -0.3 is 14.4 Å². The van der Waals surface area contributed by atoms with Crippen LogP contribution in [0.15, 0.2) is 10.7 Å². The molecule has 0 saturated carbocycles. The molecule has 1 aromatic rings.